The minimum Gasteiger partial charge on any atom is -0.326 e. The summed E-state index contributed by atoms with van der Waals surface area (Å²) in [5.41, 5.74) is 2.53. The molecule has 0 bridgehead atoms. The van der Waals surface area contributed by atoms with E-state index in [0.717, 1.165) is 21.8 Å². The Kier molecular flexibility index (Phi) is 3.10. The third-order valence-corrected chi connectivity index (χ3v) is 3.12. The Labute approximate surface area is 102 Å². The van der Waals surface area contributed by atoms with Crippen LogP contribution in [-0.4, -0.2) is 10.9 Å². The number of carbonyl (C=O) groups is 1. The summed E-state index contributed by atoms with van der Waals surface area (Å²) >= 11 is 1.20. The molecule has 1 heterocycles. The lowest BCUT2D eigenvalue weighted by Gasteiger charge is -2.03. The third kappa shape index (κ3) is 2.62. The van der Waals surface area contributed by atoms with Crippen molar-refractivity contribution in [3.63, 3.8) is 0 Å². The summed E-state index contributed by atoms with van der Waals surface area (Å²) in [5, 5.41) is 2.70. The molecule has 4 nitrogen and oxygen atoms in total. The monoisotopic (exact) mass is 248 g/mol. The Hall–Kier alpha value is -1.88. The number of aromatic amines is 1. The van der Waals surface area contributed by atoms with Crippen LogP contribution in [0.3, 0.4) is 0 Å². The summed E-state index contributed by atoms with van der Waals surface area (Å²) < 4.78 is 0. The number of rotatable bonds is 2. The molecular weight excluding hydrogens is 236 g/mol. The van der Waals surface area contributed by atoms with Crippen LogP contribution in [-0.2, 0) is 4.79 Å². The van der Waals surface area contributed by atoms with E-state index in [2.05, 4.69) is 10.3 Å². The number of H-pyrrole nitrogens is 1. The van der Waals surface area contributed by atoms with Crippen molar-refractivity contribution >= 4 is 22.9 Å². The highest BCUT2D eigenvalue weighted by atomic mass is 32.1. The van der Waals surface area contributed by atoms with Gasteiger partial charge in [-0.2, -0.15) is 0 Å². The highest BCUT2D eigenvalue weighted by Crippen LogP contribution is 2.23. The van der Waals surface area contributed by atoms with E-state index in [1.807, 2.05) is 31.2 Å². The van der Waals surface area contributed by atoms with Gasteiger partial charge in [-0.15, -0.1) is 0 Å². The van der Waals surface area contributed by atoms with Crippen molar-refractivity contribution in [2.45, 2.75) is 13.8 Å². The van der Waals surface area contributed by atoms with Crippen molar-refractivity contribution in [3.8, 4) is 11.3 Å². The zero-order chi connectivity index (χ0) is 12.4. The van der Waals surface area contributed by atoms with Crippen LogP contribution in [0.1, 0.15) is 11.8 Å². The second kappa shape index (κ2) is 4.55. The summed E-state index contributed by atoms with van der Waals surface area (Å²) in [6, 6.07) is 7.37. The summed E-state index contributed by atoms with van der Waals surface area (Å²) in [6.07, 6.45) is 0. The predicted molar refractivity (Wildman–Crippen MR) is 69.4 cm³/mol. The average molecular weight is 248 g/mol. The van der Waals surface area contributed by atoms with Gasteiger partial charge >= 0.3 is 4.87 Å². The Morgan fingerprint density at radius 2 is 1.94 bits per heavy atom. The van der Waals surface area contributed by atoms with Gasteiger partial charge in [0.05, 0.1) is 5.69 Å². The van der Waals surface area contributed by atoms with Crippen molar-refractivity contribution in [2.24, 2.45) is 0 Å². The molecule has 2 aromatic rings. The van der Waals surface area contributed by atoms with Gasteiger partial charge < -0.3 is 10.3 Å². The number of benzene rings is 1. The lowest BCUT2D eigenvalue weighted by molar-refractivity contribution is -0.114. The quantitative estimate of drug-likeness (QED) is 0.857. The zero-order valence-corrected chi connectivity index (χ0v) is 10.4. The Bertz CT molecular complexity index is 596. The molecular formula is C12H12N2O2S. The molecule has 0 spiro atoms. The lowest BCUT2D eigenvalue weighted by atomic mass is 10.1. The smallest absolute Gasteiger partial charge is 0.305 e. The SMILES string of the molecule is CC(=O)Nc1ccc(-c2[nH]c(=O)sc2C)cc1. The van der Waals surface area contributed by atoms with Crippen LogP contribution < -0.4 is 10.2 Å². The molecule has 0 unspecified atom stereocenters. The first-order valence-electron chi connectivity index (χ1n) is 5.14. The molecule has 0 radical (unpaired) electrons. The van der Waals surface area contributed by atoms with E-state index >= 15 is 0 Å². The van der Waals surface area contributed by atoms with Gasteiger partial charge in [0.25, 0.3) is 0 Å². The van der Waals surface area contributed by atoms with E-state index in [-0.39, 0.29) is 10.8 Å². The van der Waals surface area contributed by atoms with Crippen LogP contribution >= 0.6 is 11.3 Å². The van der Waals surface area contributed by atoms with Crippen LogP contribution in [0.4, 0.5) is 5.69 Å². The van der Waals surface area contributed by atoms with Gasteiger partial charge in [-0.25, -0.2) is 0 Å². The number of hydrogen-bond donors (Lipinski definition) is 2. The fourth-order valence-electron chi connectivity index (χ4n) is 1.60. The maximum absolute atomic E-state index is 11.2. The Morgan fingerprint density at radius 1 is 1.29 bits per heavy atom. The molecule has 0 saturated heterocycles. The summed E-state index contributed by atoms with van der Waals surface area (Å²) in [7, 11) is 0. The van der Waals surface area contributed by atoms with E-state index in [0.29, 0.717) is 0 Å². The normalized spacial score (nSPS) is 10.2. The van der Waals surface area contributed by atoms with Crippen LogP contribution in [0, 0.1) is 6.92 Å². The molecule has 1 amide bonds. The number of aryl methyl sites for hydroxylation is 1. The van der Waals surface area contributed by atoms with E-state index in [4.69, 9.17) is 0 Å². The molecule has 0 aliphatic rings. The van der Waals surface area contributed by atoms with Crippen molar-refractivity contribution in [3.05, 3.63) is 38.8 Å². The molecule has 2 rings (SSSR count). The molecule has 0 atom stereocenters. The molecule has 2 N–H and O–H groups in total. The van der Waals surface area contributed by atoms with Crippen molar-refractivity contribution in [1.82, 2.24) is 4.98 Å². The molecule has 0 aliphatic carbocycles. The number of amides is 1. The summed E-state index contributed by atoms with van der Waals surface area (Å²) in [6.45, 7) is 3.37. The lowest BCUT2D eigenvalue weighted by Crippen LogP contribution is -2.05. The van der Waals surface area contributed by atoms with Crippen LogP contribution in [0.15, 0.2) is 29.1 Å². The molecule has 17 heavy (non-hydrogen) atoms. The molecule has 1 aromatic carbocycles. The number of hydrogen-bond acceptors (Lipinski definition) is 3. The zero-order valence-electron chi connectivity index (χ0n) is 9.53. The van der Waals surface area contributed by atoms with Gasteiger partial charge in [0.15, 0.2) is 0 Å². The maximum Gasteiger partial charge on any atom is 0.305 e. The van der Waals surface area contributed by atoms with Crippen molar-refractivity contribution in [2.75, 3.05) is 5.32 Å². The Balaban J connectivity index is 2.32. The van der Waals surface area contributed by atoms with Crippen molar-refractivity contribution < 1.29 is 4.79 Å². The number of thiazole rings is 1. The highest BCUT2D eigenvalue weighted by Gasteiger charge is 2.06. The average Bonchev–Trinajstić information content (AvgIpc) is 2.58. The number of carbonyl (C=O) groups excluding carboxylic acids is 1. The van der Waals surface area contributed by atoms with E-state index in [9.17, 15) is 9.59 Å². The number of aromatic nitrogens is 1. The van der Waals surface area contributed by atoms with Gasteiger partial charge in [-0.05, 0) is 24.6 Å². The van der Waals surface area contributed by atoms with Gasteiger partial charge in [-0.3, -0.25) is 9.59 Å². The Morgan fingerprint density at radius 3 is 2.41 bits per heavy atom. The second-order valence-electron chi connectivity index (χ2n) is 3.70. The summed E-state index contributed by atoms with van der Waals surface area (Å²) in [4.78, 5) is 25.8. The fraction of sp³-hybridized carbons (Fsp3) is 0.167. The van der Waals surface area contributed by atoms with Gasteiger partial charge in [-0.1, -0.05) is 23.5 Å². The third-order valence-electron chi connectivity index (χ3n) is 2.32. The molecule has 88 valence electrons. The number of nitrogens with one attached hydrogen (secondary N) is 2. The first-order valence-corrected chi connectivity index (χ1v) is 5.95. The van der Waals surface area contributed by atoms with Gasteiger partial charge in [0.1, 0.15) is 0 Å². The van der Waals surface area contributed by atoms with Crippen molar-refractivity contribution in [1.29, 1.82) is 0 Å². The maximum atomic E-state index is 11.2. The minimum atomic E-state index is -0.0992. The summed E-state index contributed by atoms with van der Waals surface area (Å²) in [5.74, 6) is -0.0992. The first kappa shape index (κ1) is 11.6. The van der Waals surface area contributed by atoms with Crippen LogP contribution in [0.2, 0.25) is 0 Å². The molecule has 0 fully saturated rings. The predicted octanol–water partition coefficient (Wildman–Crippen LogP) is 2.37. The molecule has 5 heteroatoms. The first-order chi connectivity index (χ1) is 8.06. The van der Waals surface area contributed by atoms with E-state index < -0.39 is 0 Å². The second-order valence-corrected chi connectivity index (χ2v) is 4.89. The molecule has 0 aliphatic heterocycles. The minimum absolute atomic E-state index is 0.0524. The standard InChI is InChI=1S/C12H12N2O2S/c1-7-11(14-12(16)17-7)9-3-5-10(6-4-9)13-8(2)15/h3-6H,1-2H3,(H,13,15)(H,14,16). The van der Waals surface area contributed by atoms with Gasteiger partial charge in [0, 0.05) is 17.5 Å². The largest absolute Gasteiger partial charge is 0.326 e. The highest BCUT2D eigenvalue weighted by molar-refractivity contribution is 7.09. The van der Waals surface area contributed by atoms with E-state index in [1.165, 1.54) is 18.3 Å². The van der Waals surface area contributed by atoms with Crippen LogP contribution in [0.25, 0.3) is 11.3 Å². The van der Waals surface area contributed by atoms with Gasteiger partial charge in [0.2, 0.25) is 5.91 Å². The fourth-order valence-corrected chi connectivity index (χ4v) is 2.31. The topological polar surface area (TPSA) is 62.0 Å². The molecule has 0 saturated carbocycles. The van der Waals surface area contributed by atoms with E-state index in [1.54, 1.807) is 0 Å². The van der Waals surface area contributed by atoms with Crippen LogP contribution in [0.5, 0.6) is 0 Å². The molecule has 1 aromatic heterocycles. The number of anilines is 1.